The number of aliphatic hydroxyl groups is 1. The second-order valence-electron chi connectivity index (χ2n) is 3.17. The molecular formula is C10H9NO4. The largest absolute Gasteiger partial charge is 0.367 e. The maximum atomic E-state index is 11.6. The molecule has 1 atom stereocenters. The van der Waals surface area contributed by atoms with Crippen LogP contribution in [-0.2, 0) is 9.63 Å². The normalized spacial score (nSPS) is 18.9. The van der Waals surface area contributed by atoms with E-state index < -0.39 is 18.1 Å². The Balaban J connectivity index is 2.36. The summed E-state index contributed by atoms with van der Waals surface area (Å²) in [6, 6.07) is 6.57. The number of nitrogens with zero attached hydrogens (tertiary/aromatic N) is 1. The Morgan fingerprint density at radius 3 is 2.73 bits per heavy atom. The van der Waals surface area contributed by atoms with Crippen LogP contribution in [0.25, 0.3) is 0 Å². The third-order valence-corrected chi connectivity index (χ3v) is 2.12. The first-order chi connectivity index (χ1) is 7.11. The van der Waals surface area contributed by atoms with E-state index in [1.807, 2.05) is 0 Å². The average Bonchev–Trinajstić information content (AvgIpc) is 2.44. The van der Waals surface area contributed by atoms with E-state index in [4.69, 9.17) is 0 Å². The molecule has 5 nitrogen and oxygen atoms in total. The number of hydrogen-bond acceptors (Lipinski definition) is 4. The lowest BCUT2D eigenvalue weighted by Gasteiger charge is -2.17. The quantitative estimate of drug-likeness (QED) is 0.732. The summed E-state index contributed by atoms with van der Waals surface area (Å²) < 4.78 is 0. The Labute approximate surface area is 85.8 Å². The van der Waals surface area contributed by atoms with Crippen molar-refractivity contribution < 1.29 is 19.5 Å². The fourth-order valence-electron chi connectivity index (χ4n) is 1.50. The molecule has 1 heterocycles. The number of rotatable bonds is 1. The number of hydroxylamine groups is 2. The monoisotopic (exact) mass is 207 g/mol. The molecule has 5 heteroatoms. The summed E-state index contributed by atoms with van der Waals surface area (Å²) in [5.41, 5.74) is 0.801. The van der Waals surface area contributed by atoms with E-state index in [0.717, 1.165) is 0 Å². The van der Waals surface area contributed by atoms with E-state index >= 15 is 0 Å². The minimum Gasteiger partial charge on any atom is -0.367 e. The summed E-state index contributed by atoms with van der Waals surface area (Å²) in [5, 5.41) is 10.4. The Bertz CT molecular complexity index is 429. The topological polar surface area (TPSA) is 66.8 Å². The van der Waals surface area contributed by atoms with Crippen molar-refractivity contribution in [2.75, 3.05) is 0 Å². The van der Waals surface area contributed by atoms with Crippen molar-refractivity contribution in [1.29, 1.82) is 0 Å². The Morgan fingerprint density at radius 1 is 1.47 bits per heavy atom. The Hall–Kier alpha value is -1.88. The lowest BCUT2D eigenvalue weighted by atomic mass is 10.1. The highest BCUT2D eigenvalue weighted by Crippen LogP contribution is 2.31. The van der Waals surface area contributed by atoms with Crippen molar-refractivity contribution >= 4 is 11.9 Å². The van der Waals surface area contributed by atoms with Gasteiger partial charge in [0.25, 0.3) is 5.91 Å². The van der Waals surface area contributed by atoms with Gasteiger partial charge >= 0.3 is 5.97 Å². The maximum absolute atomic E-state index is 11.6. The van der Waals surface area contributed by atoms with Crippen molar-refractivity contribution in [3.05, 3.63) is 35.4 Å². The third kappa shape index (κ3) is 1.46. The first-order valence-corrected chi connectivity index (χ1v) is 4.40. The minimum atomic E-state index is -1.21. The van der Waals surface area contributed by atoms with Crippen LogP contribution >= 0.6 is 0 Å². The highest BCUT2D eigenvalue weighted by atomic mass is 16.7. The molecule has 0 saturated carbocycles. The van der Waals surface area contributed by atoms with Crippen LogP contribution in [0, 0.1) is 0 Å². The van der Waals surface area contributed by atoms with Crippen molar-refractivity contribution in [2.45, 2.75) is 13.2 Å². The van der Waals surface area contributed by atoms with Gasteiger partial charge in [-0.15, -0.1) is 5.06 Å². The van der Waals surface area contributed by atoms with Crippen LogP contribution in [0.3, 0.4) is 0 Å². The van der Waals surface area contributed by atoms with Gasteiger partial charge in [0.15, 0.2) is 6.23 Å². The average molecular weight is 207 g/mol. The highest BCUT2D eigenvalue weighted by molar-refractivity contribution is 5.98. The predicted octanol–water partition coefficient (Wildman–Crippen LogP) is 0.611. The number of fused-ring (bicyclic) bond motifs is 1. The molecule has 0 spiro atoms. The van der Waals surface area contributed by atoms with Gasteiger partial charge in [0.05, 0.1) is 5.56 Å². The van der Waals surface area contributed by atoms with E-state index in [2.05, 4.69) is 4.84 Å². The number of amides is 1. The molecule has 1 unspecified atom stereocenters. The first-order valence-electron chi connectivity index (χ1n) is 4.40. The van der Waals surface area contributed by atoms with Crippen molar-refractivity contribution in [2.24, 2.45) is 0 Å². The second kappa shape index (κ2) is 3.36. The van der Waals surface area contributed by atoms with Gasteiger partial charge in [0.2, 0.25) is 0 Å². The summed E-state index contributed by atoms with van der Waals surface area (Å²) in [4.78, 5) is 27.0. The van der Waals surface area contributed by atoms with Crippen LogP contribution in [0.15, 0.2) is 24.3 Å². The minimum absolute atomic E-state index is 0.353. The third-order valence-electron chi connectivity index (χ3n) is 2.12. The molecule has 78 valence electrons. The molecule has 0 aromatic heterocycles. The molecule has 1 N–H and O–H groups in total. The van der Waals surface area contributed by atoms with E-state index in [9.17, 15) is 14.7 Å². The molecule has 1 aromatic rings. The molecule has 1 aliphatic heterocycles. The number of carbonyl (C=O) groups is 2. The summed E-state index contributed by atoms with van der Waals surface area (Å²) >= 11 is 0. The van der Waals surface area contributed by atoms with Crippen molar-refractivity contribution in [3.8, 4) is 0 Å². The molecule has 1 aromatic carbocycles. The van der Waals surface area contributed by atoms with Crippen LogP contribution < -0.4 is 0 Å². The van der Waals surface area contributed by atoms with Gasteiger partial charge in [-0.1, -0.05) is 18.2 Å². The van der Waals surface area contributed by atoms with Crippen LogP contribution in [0.2, 0.25) is 0 Å². The maximum Gasteiger partial charge on any atom is 0.329 e. The molecule has 2 rings (SSSR count). The molecule has 0 radical (unpaired) electrons. The highest BCUT2D eigenvalue weighted by Gasteiger charge is 2.37. The molecule has 0 saturated heterocycles. The van der Waals surface area contributed by atoms with Gasteiger partial charge in [-0.3, -0.25) is 9.59 Å². The van der Waals surface area contributed by atoms with Gasteiger partial charge in [-0.2, -0.15) is 0 Å². The SMILES string of the molecule is CC(=O)ON1C(=O)c2ccccc2C1O. The van der Waals surface area contributed by atoms with Crippen LogP contribution in [0.4, 0.5) is 0 Å². The van der Waals surface area contributed by atoms with Gasteiger partial charge < -0.3 is 9.94 Å². The fourth-order valence-corrected chi connectivity index (χ4v) is 1.50. The Kier molecular flexibility index (Phi) is 2.17. The van der Waals surface area contributed by atoms with Gasteiger partial charge in [-0.05, 0) is 6.07 Å². The van der Waals surface area contributed by atoms with Gasteiger partial charge in [0, 0.05) is 12.5 Å². The number of carbonyl (C=O) groups excluding carboxylic acids is 2. The zero-order chi connectivity index (χ0) is 11.0. The lowest BCUT2D eigenvalue weighted by Crippen LogP contribution is -2.30. The van der Waals surface area contributed by atoms with Crippen LogP contribution in [-0.4, -0.2) is 22.0 Å². The molecular weight excluding hydrogens is 198 g/mol. The van der Waals surface area contributed by atoms with E-state index in [-0.39, 0.29) is 0 Å². The number of hydrogen-bond donors (Lipinski definition) is 1. The first kappa shape index (κ1) is 9.67. The summed E-state index contributed by atoms with van der Waals surface area (Å²) in [5.74, 6) is -1.15. The van der Waals surface area contributed by atoms with Gasteiger partial charge in [-0.25, -0.2) is 0 Å². The van der Waals surface area contributed by atoms with Crippen LogP contribution in [0.5, 0.6) is 0 Å². The zero-order valence-corrected chi connectivity index (χ0v) is 8.01. The van der Waals surface area contributed by atoms with E-state index in [1.165, 1.54) is 6.92 Å². The molecule has 0 bridgehead atoms. The Morgan fingerprint density at radius 2 is 2.13 bits per heavy atom. The smallest absolute Gasteiger partial charge is 0.329 e. The molecule has 0 aliphatic carbocycles. The summed E-state index contributed by atoms with van der Waals surface area (Å²) in [6.07, 6.45) is -1.21. The molecule has 1 aliphatic rings. The van der Waals surface area contributed by atoms with Crippen molar-refractivity contribution in [3.63, 3.8) is 0 Å². The fraction of sp³-hybridized carbons (Fsp3) is 0.200. The zero-order valence-electron chi connectivity index (χ0n) is 8.01. The van der Waals surface area contributed by atoms with E-state index in [0.29, 0.717) is 16.2 Å². The number of aliphatic hydroxyl groups excluding tert-OH is 1. The second-order valence-corrected chi connectivity index (χ2v) is 3.17. The lowest BCUT2D eigenvalue weighted by molar-refractivity contribution is -0.205. The van der Waals surface area contributed by atoms with E-state index in [1.54, 1.807) is 24.3 Å². The molecule has 1 amide bonds. The molecule has 0 fully saturated rings. The predicted molar refractivity (Wildman–Crippen MR) is 49.3 cm³/mol. The molecule has 15 heavy (non-hydrogen) atoms. The number of benzene rings is 1. The standard InChI is InChI=1S/C10H9NO4/c1-6(12)15-11-9(13)7-4-2-3-5-8(7)10(11)14/h2-5,9,13H,1H3. The van der Waals surface area contributed by atoms with Crippen molar-refractivity contribution in [1.82, 2.24) is 5.06 Å². The van der Waals surface area contributed by atoms with Gasteiger partial charge in [0.1, 0.15) is 0 Å². The summed E-state index contributed by atoms with van der Waals surface area (Å²) in [7, 11) is 0. The summed E-state index contributed by atoms with van der Waals surface area (Å²) in [6.45, 7) is 1.17. The van der Waals surface area contributed by atoms with Crippen LogP contribution in [0.1, 0.15) is 29.1 Å².